The number of alkyl halides is 1. The topological polar surface area (TPSA) is 41.9 Å². The molecule has 0 heterocycles. The van der Waals surface area contributed by atoms with Crippen LogP contribution in [-0.2, 0) is 13.1 Å². The summed E-state index contributed by atoms with van der Waals surface area (Å²) < 4.78 is 10.4. The van der Waals surface area contributed by atoms with Crippen molar-refractivity contribution in [2.45, 2.75) is 36.6 Å². The van der Waals surface area contributed by atoms with Gasteiger partial charge in [-0.05, 0) is 49.2 Å². The molecule has 0 aliphatic heterocycles. The molecule has 1 unspecified atom stereocenters. The van der Waals surface area contributed by atoms with Crippen LogP contribution in [0.4, 0.5) is 0 Å². The maximum Gasteiger partial charge on any atom is 0.118 e. The van der Waals surface area contributed by atoms with Gasteiger partial charge in [0.25, 0.3) is 0 Å². The summed E-state index contributed by atoms with van der Waals surface area (Å²) in [6.45, 7) is 5.18. The van der Waals surface area contributed by atoms with E-state index in [-0.39, 0.29) is 4.05 Å². The van der Waals surface area contributed by atoms with Gasteiger partial charge in [-0.15, -0.1) is 0 Å². The molecule has 0 aromatic heterocycles. The molecule has 1 N–H and O–H groups in total. The molecule has 5 heteroatoms. The molecule has 0 bridgehead atoms. The molecule has 0 saturated heterocycles. The standard InChI is InChI=1S/C20H26INO3/c1-20(2,23)19(21)22(13-15-5-9-17(24-3)10-6-15)14-16-7-11-18(25-4)12-8-16/h5-12,19,23H,13-14H2,1-4H3. The summed E-state index contributed by atoms with van der Waals surface area (Å²) in [5.41, 5.74) is 1.56. The number of rotatable bonds is 8. The minimum atomic E-state index is -0.806. The van der Waals surface area contributed by atoms with Gasteiger partial charge < -0.3 is 14.6 Å². The first kappa shape index (κ1) is 20.0. The molecule has 2 aromatic carbocycles. The van der Waals surface area contributed by atoms with Crippen LogP contribution in [0, 0.1) is 0 Å². The summed E-state index contributed by atoms with van der Waals surface area (Å²) in [4.78, 5) is 2.27. The first-order valence-corrected chi connectivity index (χ1v) is 9.44. The van der Waals surface area contributed by atoms with Gasteiger partial charge >= 0.3 is 0 Å². The van der Waals surface area contributed by atoms with Crippen LogP contribution in [-0.4, -0.2) is 33.9 Å². The predicted molar refractivity (Wildman–Crippen MR) is 109 cm³/mol. The van der Waals surface area contributed by atoms with Crippen molar-refractivity contribution in [2.24, 2.45) is 0 Å². The second-order valence-corrected chi connectivity index (χ2v) is 7.77. The van der Waals surface area contributed by atoms with Crippen LogP contribution in [0.3, 0.4) is 0 Å². The van der Waals surface area contributed by atoms with Crippen molar-refractivity contribution >= 4 is 22.6 Å². The van der Waals surface area contributed by atoms with Crippen LogP contribution in [0.5, 0.6) is 11.5 Å². The lowest BCUT2D eigenvalue weighted by atomic mass is 10.1. The smallest absolute Gasteiger partial charge is 0.118 e. The van der Waals surface area contributed by atoms with Gasteiger partial charge in [-0.2, -0.15) is 0 Å². The number of hydrogen-bond acceptors (Lipinski definition) is 4. The van der Waals surface area contributed by atoms with Crippen molar-refractivity contribution in [1.29, 1.82) is 0 Å². The van der Waals surface area contributed by atoms with Crippen LogP contribution in [0.2, 0.25) is 0 Å². The van der Waals surface area contributed by atoms with Gasteiger partial charge in [0, 0.05) is 13.1 Å². The third-order valence-electron chi connectivity index (χ3n) is 3.99. The Kier molecular flexibility index (Phi) is 7.10. The third kappa shape index (κ3) is 5.87. The average molecular weight is 455 g/mol. The van der Waals surface area contributed by atoms with Gasteiger partial charge in [-0.1, -0.05) is 46.9 Å². The zero-order valence-electron chi connectivity index (χ0n) is 15.2. The molecule has 25 heavy (non-hydrogen) atoms. The molecule has 0 aliphatic carbocycles. The van der Waals surface area contributed by atoms with Crippen LogP contribution >= 0.6 is 22.6 Å². The van der Waals surface area contributed by atoms with E-state index in [4.69, 9.17) is 9.47 Å². The second-order valence-electron chi connectivity index (χ2n) is 6.59. The van der Waals surface area contributed by atoms with Crippen molar-refractivity contribution in [1.82, 2.24) is 4.90 Å². The van der Waals surface area contributed by atoms with Crippen molar-refractivity contribution in [3.8, 4) is 11.5 Å². The largest absolute Gasteiger partial charge is 0.497 e. The van der Waals surface area contributed by atoms with Crippen molar-refractivity contribution < 1.29 is 14.6 Å². The Morgan fingerprint density at radius 3 is 1.52 bits per heavy atom. The lowest BCUT2D eigenvalue weighted by Gasteiger charge is -2.35. The molecule has 1 atom stereocenters. The fourth-order valence-corrected chi connectivity index (χ4v) is 2.99. The van der Waals surface area contributed by atoms with E-state index in [2.05, 4.69) is 51.8 Å². The molecule has 0 spiro atoms. The molecule has 0 saturated carbocycles. The highest BCUT2D eigenvalue weighted by molar-refractivity contribution is 14.1. The fourth-order valence-electron chi connectivity index (χ4n) is 2.59. The minimum absolute atomic E-state index is 0.0331. The maximum atomic E-state index is 10.5. The molecule has 0 fully saturated rings. The molecule has 0 aliphatic rings. The molecule has 4 nitrogen and oxygen atoms in total. The monoisotopic (exact) mass is 455 g/mol. The normalized spacial score (nSPS) is 12.9. The number of halogens is 1. The molecule has 0 amide bonds. The lowest BCUT2D eigenvalue weighted by molar-refractivity contribution is 0.0211. The maximum absolute atomic E-state index is 10.5. The van der Waals surface area contributed by atoms with E-state index >= 15 is 0 Å². The first-order valence-electron chi connectivity index (χ1n) is 8.20. The number of hydrogen-bond donors (Lipinski definition) is 1. The van der Waals surface area contributed by atoms with Crippen LogP contribution in [0.1, 0.15) is 25.0 Å². The highest BCUT2D eigenvalue weighted by Gasteiger charge is 2.30. The number of ether oxygens (including phenoxy) is 2. The van der Waals surface area contributed by atoms with Gasteiger partial charge in [-0.25, -0.2) is 0 Å². The van der Waals surface area contributed by atoms with E-state index in [1.165, 1.54) is 11.1 Å². The zero-order valence-corrected chi connectivity index (χ0v) is 17.4. The third-order valence-corrected chi connectivity index (χ3v) is 6.30. The Morgan fingerprint density at radius 2 is 1.24 bits per heavy atom. The molecule has 2 rings (SSSR count). The van der Waals surface area contributed by atoms with Gasteiger partial charge in [-0.3, -0.25) is 4.90 Å². The van der Waals surface area contributed by atoms with Gasteiger partial charge in [0.05, 0.1) is 23.9 Å². The molecular formula is C20H26INO3. The quantitative estimate of drug-likeness (QED) is 0.368. The van der Waals surface area contributed by atoms with Gasteiger partial charge in [0.1, 0.15) is 11.5 Å². The van der Waals surface area contributed by atoms with E-state index < -0.39 is 5.60 Å². The van der Waals surface area contributed by atoms with Crippen molar-refractivity contribution in [2.75, 3.05) is 14.2 Å². The molecule has 136 valence electrons. The predicted octanol–water partition coefficient (Wildman–Crippen LogP) is 4.24. The van der Waals surface area contributed by atoms with Crippen molar-refractivity contribution in [3.05, 3.63) is 59.7 Å². The average Bonchev–Trinajstić information content (AvgIpc) is 2.61. The Bertz CT molecular complexity index is 601. The minimum Gasteiger partial charge on any atom is -0.497 e. The zero-order chi connectivity index (χ0) is 18.4. The highest BCUT2D eigenvalue weighted by atomic mass is 127. The second kappa shape index (κ2) is 8.87. The SMILES string of the molecule is COc1ccc(CN(Cc2ccc(OC)cc2)C(I)C(C)(C)O)cc1. The summed E-state index contributed by atoms with van der Waals surface area (Å²) >= 11 is 2.32. The fraction of sp³-hybridized carbons (Fsp3) is 0.400. The summed E-state index contributed by atoms with van der Waals surface area (Å²) in [7, 11) is 3.33. The van der Waals surface area contributed by atoms with E-state index in [1.54, 1.807) is 14.2 Å². The molecule has 2 aromatic rings. The summed E-state index contributed by atoms with van der Waals surface area (Å²) in [5, 5.41) is 10.5. The Balaban J connectivity index is 2.19. The summed E-state index contributed by atoms with van der Waals surface area (Å²) in [5.74, 6) is 1.69. The Labute approximate surface area is 163 Å². The molecular weight excluding hydrogens is 429 g/mol. The van der Waals surface area contributed by atoms with Crippen LogP contribution in [0.25, 0.3) is 0 Å². The highest BCUT2D eigenvalue weighted by Crippen LogP contribution is 2.27. The van der Waals surface area contributed by atoms with Crippen molar-refractivity contribution in [3.63, 3.8) is 0 Å². The van der Waals surface area contributed by atoms with Gasteiger partial charge in [0.15, 0.2) is 0 Å². The van der Waals surface area contributed by atoms with E-state index in [0.717, 1.165) is 24.6 Å². The van der Waals surface area contributed by atoms with Crippen LogP contribution in [0.15, 0.2) is 48.5 Å². The Hall–Kier alpha value is -1.31. The van der Waals surface area contributed by atoms with E-state index in [9.17, 15) is 5.11 Å². The van der Waals surface area contributed by atoms with Gasteiger partial charge in [0.2, 0.25) is 0 Å². The van der Waals surface area contributed by atoms with Crippen LogP contribution < -0.4 is 9.47 Å². The number of aliphatic hydroxyl groups is 1. The van der Waals surface area contributed by atoms with E-state index in [1.807, 2.05) is 38.1 Å². The number of methoxy groups -OCH3 is 2. The first-order chi connectivity index (χ1) is 11.8. The Morgan fingerprint density at radius 1 is 0.880 bits per heavy atom. The summed E-state index contributed by atoms with van der Waals surface area (Å²) in [6.07, 6.45) is 0. The summed E-state index contributed by atoms with van der Waals surface area (Å²) in [6, 6.07) is 16.1. The number of nitrogens with zero attached hydrogens (tertiary/aromatic N) is 1. The lowest BCUT2D eigenvalue weighted by Crippen LogP contribution is -2.44. The number of benzene rings is 2. The van der Waals surface area contributed by atoms with E-state index in [0.29, 0.717) is 0 Å². The molecule has 0 radical (unpaired) electrons.